The van der Waals surface area contributed by atoms with Crippen molar-refractivity contribution in [3.8, 4) is 23.1 Å². The Morgan fingerprint density at radius 3 is 2.43 bits per heavy atom. The molecule has 182 valence electrons. The summed E-state index contributed by atoms with van der Waals surface area (Å²) < 4.78 is 49.4. The summed E-state index contributed by atoms with van der Waals surface area (Å²) in [5.74, 6) is -0.134. The predicted molar refractivity (Wildman–Crippen MR) is 125 cm³/mol. The SMILES string of the molecule is CCOC(=O)c1cccnc1-c1ccc(OCC(C)(C)Cc2ccc(C(F)(F)F)cc2)c(C#N)c1. The summed E-state index contributed by atoms with van der Waals surface area (Å²) in [5, 5.41) is 9.67. The topological polar surface area (TPSA) is 72.2 Å². The van der Waals surface area contributed by atoms with E-state index >= 15 is 0 Å². The summed E-state index contributed by atoms with van der Waals surface area (Å²) in [4.78, 5) is 16.6. The van der Waals surface area contributed by atoms with E-state index in [2.05, 4.69) is 11.1 Å². The number of halogens is 3. The zero-order chi connectivity index (χ0) is 25.6. The Bertz CT molecular complexity index is 1230. The van der Waals surface area contributed by atoms with Gasteiger partial charge in [0.25, 0.3) is 0 Å². The molecule has 0 N–H and O–H groups in total. The van der Waals surface area contributed by atoms with Gasteiger partial charge in [-0.2, -0.15) is 18.4 Å². The molecule has 0 spiro atoms. The molecule has 1 heterocycles. The molecule has 2 aromatic carbocycles. The molecule has 8 heteroatoms. The van der Waals surface area contributed by atoms with Crippen molar-refractivity contribution in [3.63, 3.8) is 0 Å². The zero-order valence-corrected chi connectivity index (χ0v) is 19.6. The molecule has 3 rings (SSSR count). The van der Waals surface area contributed by atoms with Crippen LogP contribution in [0.15, 0.2) is 60.8 Å². The summed E-state index contributed by atoms with van der Waals surface area (Å²) in [6.45, 7) is 6.05. The van der Waals surface area contributed by atoms with E-state index < -0.39 is 23.1 Å². The third-order valence-corrected chi connectivity index (χ3v) is 5.26. The summed E-state index contributed by atoms with van der Waals surface area (Å²) in [7, 11) is 0. The largest absolute Gasteiger partial charge is 0.492 e. The van der Waals surface area contributed by atoms with Crippen molar-refractivity contribution in [1.82, 2.24) is 4.98 Å². The van der Waals surface area contributed by atoms with E-state index in [-0.39, 0.29) is 18.8 Å². The van der Waals surface area contributed by atoms with Crippen LogP contribution >= 0.6 is 0 Å². The maximum atomic E-state index is 12.8. The molecule has 5 nitrogen and oxygen atoms in total. The van der Waals surface area contributed by atoms with Gasteiger partial charge in [-0.1, -0.05) is 26.0 Å². The third-order valence-electron chi connectivity index (χ3n) is 5.26. The number of esters is 1. The van der Waals surface area contributed by atoms with Gasteiger partial charge in [0.2, 0.25) is 0 Å². The molecule has 0 aliphatic heterocycles. The van der Waals surface area contributed by atoms with Gasteiger partial charge in [0, 0.05) is 17.2 Å². The smallest absolute Gasteiger partial charge is 0.416 e. The summed E-state index contributed by atoms with van der Waals surface area (Å²) in [5.41, 5.74) is 1.19. The average molecular weight is 483 g/mol. The maximum absolute atomic E-state index is 12.8. The monoisotopic (exact) mass is 482 g/mol. The van der Waals surface area contributed by atoms with Gasteiger partial charge in [-0.05, 0) is 61.4 Å². The predicted octanol–water partition coefficient (Wildman–Crippen LogP) is 6.46. The van der Waals surface area contributed by atoms with Gasteiger partial charge >= 0.3 is 12.1 Å². The molecule has 0 atom stereocenters. The number of ether oxygens (including phenoxy) is 2. The molecular formula is C27H25F3N2O3. The number of hydrogen-bond acceptors (Lipinski definition) is 5. The third kappa shape index (κ3) is 6.60. The zero-order valence-electron chi connectivity index (χ0n) is 19.6. The Kier molecular flexibility index (Phi) is 7.80. The lowest BCUT2D eigenvalue weighted by atomic mass is 9.86. The van der Waals surface area contributed by atoms with Crippen LogP contribution in [0.1, 0.15) is 47.8 Å². The Morgan fingerprint density at radius 1 is 1.09 bits per heavy atom. The molecule has 0 bridgehead atoms. The minimum atomic E-state index is -4.37. The van der Waals surface area contributed by atoms with E-state index in [4.69, 9.17) is 9.47 Å². The first-order valence-corrected chi connectivity index (χ1v) is 11.0. The fourth-order valence-corrected chi connectivity index (χ4v) is 3.59. The van der Waals surface area contributed by atoms with Crippen LogP contribution in [0.2, 0.25) is 0 Å². The Hall–Kier alpha value is -3.86. The molecule has 35 heavy (non-hydrogen) atoms. The number of hydrogen-bond donors (Lipinski definition) is 0. The average Bonchev–Trinajstić information content (AvgIpc) is 2.82. The van der Waals surface area contributed by atoms with E-state index in [0.29, 0.717) is 29.0 Å². The van der Waals surface area contributed by atoms with E-state index in [1.54, 1.807) is 43.5 Å². The number of nitrogens with zero attached hydrogens (tertiary/aromatic N) is 2. The Balaban J connectivity index is 1.75. The van der Waals surface area contributed by atoms with Gasteiger partial charge in [0.1, 0.15) is 11.8 Å². The van der Waals surface area contributed by atoms with Crippen LogP contribution in [0.3, 0.4) is 0 Å². The number of aromatic nitrogens is 1. The fraction of sp³-hybridized carbons (Fsp3) is 0.296. The van der Waals surface area contributed by atoms with E-state index in [0.717, 1.165) is 17.7 Å². The second kappa shape index (κ2) is 10.6. The van der Waals surface area contributed by atoms with Crippen molar-refractivity contribution in [2.45, 2.75) is 33.4 Å². The lowest BCUT2D eigenvalue weighted by molar-refractivity contribution is -0.137. The number of carbonyl (C=O) groups is 1. The van der Waals surface area contributed by atoms with E-state index in [1.165, 1.54) is 12.1 Å². The van der Waals surface area contributed by atoms with Crippen LogP contribution < -0.4 is 4.74 Å². The van der Waals surface area contributed by atoms with Crippen LogP contribution in [0.4, 0.5) is 13.2 Å². The number of carbonyl (C=O) groups excluding carboxylic acids is 1. The summed E-state index contributed by atoms with van der Waals surface area (Å²) in [6.07, 6.45) is -2.33. The van der Waals surface area contributed by atoms with Gasteiger partial charge in [0.15, 0.2) is 0 Å². The van der Waals surface area contributed by atoms with Crippen molar-refractivity contribution >= 4 is 5.97 Å². The van der Waals surface area contributed by atoms with E-state index in [9.17, 15) is 23.2 Å². The van der Waals surface area contributed by atoms with Gasteiger partial charge in [-0.15, -0.1) is 0 Å². The molecule has 0 amide bonds. The van der Waals surface area contributed by atoms with Gasteiger partial charge in [-0.3, -0.25) is 4.98 Å². The van der Waals surface area contributed by atoms with Crippen LogP contribution in [0.5, 0.6) is 5.75 Å². The lowest BCUT2D eigenvalue weighted by Crippen LogP contribution is -2.24. The van der Waals surface area contributed by atoms with Crippen LogP contribution in [0, 0.1) is 16.7 Å². The van der Waals surface area contributed by atoms with Crippen molar-refractivity contribution < 1.29 is 27.4 Å². The minimum Gasteiger partial charge on any atom is -0.492 e. The first kappa shape index (κ1) is 25.8. The fourth-order valence-electron chi connectivity index (χ4n) is 3.59. The quantitative estimate of drug-likeness (QED) is 0.345. The molecule has 3 aromatic rings. The number of alkyl halides is 3. The first-order valence-electron chi connectivity index (χ1n) is 11.0. The summed E-state index contributed by atoms with van der Waals surface area (Å²) in [6, 6.07) is 15.4. The minimum absolute atomic E-state index is 0.228. The Labute approximate surface area is 202 Å². The molecule has 0 aliphatic rings. The molecule has 0 unspecified atom stereocenters. The van der Waals surface area contributed by atoms with E-state index in [1.807, 2.05) is 13.8 Å². The van der Waals surface area contributed by atoms with Crippen LogP contribution in [-0.2, 0) is 17.3 Å². The molecule has 0 aliphatic carbocycles. The number of rotatable bonds is 8. The van der Waals surface area contributed by atoms with Gasteiger partial charge < -0.3 is 9.47 Å². The number of pyridine rings is 1. The molecule has 0 saturated carbocycles. The normalized spacial score (nSPS) is 11.6. The van der Waals surface area contributed by atoms with Crippen molar-refractivity contribution in [3.05, 3.63) is 83.0 Å². The molecule has 1 aromatic heterocycles. The Morgan fingerprint density at radius 2 is 1.80 bits per heavy atom. The lowest BCUT2D eigenvalue weighted by Gasteiger charge is -2.25. The first-order chi connectivity index (χ1) is 16.5. The number of benzene rings is 2. The second-order valence-electron chi connectivity index (χ2n) is 8.77. The molecule has 0 radical (unpaired) electrons. The highest BCUT2D eigenvalue weighted by atomic mass is 19.4. The van der Waals surface area contributed by atoms with Crippen LogP contribution in [0.25, 0.3) is 11.3 Å². The van der Waals surface area contributed by atoms with Crippen LogP contribution in [-0.4, -0.2) is 24.2 Å². The highest BCUT2D eigenvalue weighted by molar-refractivity contribution is 5.96. The highest BCUT2D eigenvalue weighted by Gasteiger charge is 2.30. The highest BCUT2D eigenvalue weighted by Crippen LogP contribution is 2.32. The van der Waals surface area contributed by atoms with Gasteiger partial charge in [0.05, 0.1) is 35.6 Å². The number of nitriles is 1. The summed E-state index contributed by atoms with van der Waals surface area (Å²) >= 11 is 0. The van der Waals surface area contributed by atoms with Crippen molar-refractivity contribution in [2.75, 3.05) is 13.2 Å². The van der Waals surface area contributed by atoms with Crippen molar-refractivity contribution in [1.29, 1.82) is 5.26 Å². The van der Waals surface area contributed by atoms with Crippen molar-refractivity contribution in [2.24, 2.45) is 5.41 Å². The standard InChI is InChI=1S/C27H25F3N2O3/c1-4-34-25(33)22-6-5-13-32-24(22)19-9-12-23(20(14-19)16-31)35-17-26(2,3)15-18-7-10-21(11-8-18)27(28,29)30/h5-14H,4,15,17H2,1-3H3. The maximum Gasteiger partial charge on any atom is 0.416 e. The second-order valence-corrected chi connectivity index (χ2v) is 8.77. The van der Waals surface area contributed by atoms with Gasteiger partial charge in [-0.25, -0.2) is 4.79 Å². The molecular weight excluding hydrogens is 457 g/mol. The molecule has 0 fully saturated rings. The molecule has 0 saturated heterocycles.